The average molecular weight is 477 g/mol. The predicted molar refractivity (Wildman–Crippen MR) is 122 cm³/mol. The van der Waals surface area contributed by atoms with Crippen LogP contribution in [0.15, 0.2) is 59.3 Å². The van der Waals surface area contributed by atoms with E-state index >= 15 is 0 Å². The minimum Gasteiger partial charge on any atom is -0.479 e. The van der Waals surface area contributed by atoms with Gasteiger partial charge in [0, 0.05) is 18.9 Å². The summed E-state index contributed by atoms with van der Waals surface area (Å²) < 4.78 is 15.5. The van der Waals surface area contributed by atoms with Crippen LogP contribution >= 0.6 is 0 Å². The normalized spacial score (nSPS) is 18.5. The molecule has 10 nitrogen and oxygen atoms in total. The van der Waals surface area contributed by atoms with Crippen LogP contribution < -0.4 is 10.6 Å². The van der Waals surface area contributed by atoms with Gasteiger partial charge in [-0.05, 0) is 22.3 Å². The molecular weight excluding hydrogens is 454 g/mol. The van der Waals surface area contributed by atoms with Gasteiger partial charge in [0.15, 0.2) is 5.54 Å². The number of aliphatic carboxylic acids is 1. The molecule has 2 aliphatic rings. The van der Waals surface area contributed by atoms with Gasteiger partial charge in [-0.25, -0.2) is 9.59 Å². The van der Waals surface area contributed by atoms with Crippen molar-refractivity contribution in [2.24, 2.45) is 0 Å². The summed E-state index contributed by atoms with van der Waals surface area (Å²) in [5, 5.41) is 18.4. The van der Waals surface area contributed by atoms with Gasteiger partial charge in [0.25, 0.3) is 5.91 Å². The summed E-state index contributed by atoms with van der Waals surface area (Å²) in [6.07, 6.45) is 0.578. The predicted octanol–water partition coefficient (Wildman–Crippen LogP) is 2.69. The molecule has 3 N–H and O–H groups in total. The van der Waals surface area contributed by atoms with Gasteiger partial charge >= 0.3 is 12.1 Å². The molecule has 1 aliphatic heterocycles. The Morgan fingerprint density at radius 2 is 1.77 bits per heavy atom. The molecule has 0 saturated carbocycles. The van der Waals surface area contributed by atoms with E-state index in [2.05, 4.69) is 27.9 Å². The fraction of sp³-hybridized carbons (Fsp3) is 0.280. The van der Waals surface area contributed by atoms with Crippen LogP contribution in [0.4, 0.5) is 4.79 Å². The van der Waals surface area contributed by atoms with Gasteiger partial charge in [0.2, 0.25) is 0 Å². The van der Waals surface area contributed by atoms with Crippen molar-refractivity contribution < 1.29 is 33.5 Å². The zero-order chi connectivity index (χ0) is 24.4. The van der Waals surface area contributed by atoms with Crippen molar-refractivity contribution in [3.05, 3.63) is 77.2 Å². The van der Waals surface area contributed by atoms with Gasteiger partial charge in [-0.15, -0.1) is 0 Å². The number of nitrogens with one attached hydrogen (secondary N) is 2. The van der Waals surface area contributed by atoms with E-state index in [0.29, 0.717) is 0 Å². The van der Waals surface area contributed by atoms with Crippen LogP contribution in [0.3, 0.4) is 0 Å². The second kappa shape index (κ2) is 9.22. The van der Waals surface area contributed by atoms with E-state index in [9.17, 15) is 19.5 Å². The van der Waals surface area contributed by atoms with Gasteiger partial charge < -0.3 is 29.7 Å². The molecule has 2 heterocycles. The van der Waals surface area contributed by atoms with Crippen molar-refractivity contribution in [2.45, 2.75) is 24.4 Å². The Labute approximate surface area is 200 Å². The Kier molecular flexibility index (Phi) is 5.96. The van der Waals surface area contributed by atoms with Crippen LogP contribution in [0.5, 0.6) is 0 Å². The molecule has 3 aromatic rings. The lowest BCUT2D eigenvalue weighted by Gasteiger charge is -2.23. The van der Waals surface area contributed by atoms with Gasteiger partial charge in [-0.1, -0.05) is 53.7 Å². The number of carbonyl (C=O) groups is 3. The topological polar surface area (TPSA) is 140 Å². The highest BCUT2D eigenvalue weighted by Gasteiger charge is 2.44. The van der Waals surface area contributed by atoms with Crippen LogP contribution in [0.1, 0.15) is 39.5 Å². The lowest BCUT2D eigenvalue weighted by molar-refractivity contribution is -0.144. The lowest BCUT2D eigenvalue weighted by atomic mass is 9.98. The highest BCUT2D eigenvalue weighted by atomic mass is 16.5. The zero-order valence-corrected chi connectivity index (χ0v) is 18.7. The number of hydrogen-bond acceptors (Lipinski definition) is 7. The van der Waals surface area contributed by atoms with Crippen molar-refractivity contribution >= 4 is 18.0 Å². The van der Waals surface area contributed by atoms with E-state index in [0.717, 1.165) is 28.5 Å². The molecule has 0 bridgehead atoms. The third kappa shape index (κ3) is 4.24. The number of fused-ring (bicyclic) bond motifs is 3. The number of amides is 2. The SMILES string of the molecule is O=C(NCc1nocc1C(=O)NC1(C(=O)O)CCOC1)OCC1c2ccccc2-c2ccccc21. The molecule has 2 amide bonds. The van der Waals surface area contributed by atoms with Crippen molar-refractivity contribution in [1.82, 2.24) is 15.8 Å². The molecular formula is C25H23N3O7. The van der Waals surface area contributed by atoms with Crippen LogP contribution in [-0.2, 0) is 20.8 Å². The quantitative estimate of drug-likeness (QED) is 0.472. The first-order valence-corrected chi connectivity index (χ1v) is 11.1. The minimum absolute atomic E-state index is 0.0245. The average Bonchev–Trinajstić information content (AvgIpc) is 3.60. The van der Waals surface area contributed by atoms with E-state index in [1.165, 1.54) is 0 Å². The van der Waals surface area contributed by atoms with Crippen molar-refractivity contribution in [3.8, 4) is 11.1 Å². The molecule has 5 rings (SSSR count). The van der Waals surface area contributed by atoms with Crippen LogP contribution in [0, 0.1) is 0 Å². The fourth-order valence-corrected chi connectivity index (χ4v) is 4.55. The summed E-state index contributed by atoms with van der Waals surface area (Å²) in [4.78, 5) is 36.8. The van der Waals surface area contributed by atoms with Gasteiger partial charge in [0.1, 0.15) is 24.1 Å². The van der Waals surface area contributed by atoms with E-state index in [1.54, 1.807) is 0 Å². The Hall–Kier alpha value is -4.18. The molecule has 1 unspecified atom stereocenters. The molecule has 0 radical (unpaired) electrons. The second-order valence-corrected chi connectivity index (χ2v) is 8.50. The highest BCUT2D eigenvalue weighted by Crippen LogP contribution is 2.44. The van der Waals surface area contributed by atoms with E-state index < -0.39 is 23.5 Å². The number of nitrogens with zero attached hydrogens (tertiary/aromatic N) is 1. The standard InChI is InChI=1S/C25H23N3O7/c29-22(27-25(23(30)31)9-10-33-14-25)20-13-35-28-21(20)11-26-24(32)34-12-19-17-7-3-1-5-15(17)16-6-2-4-8-18(16)19/h1-8,13,19H,9-12,14H2,(H,26,32)(H,27,29)(H,30,31). The summed E-state index contributed by atoms with van der Waals surface area (Å²) in [6, 6.07) is 16.0. The number of rotatable bonds is 7. The second-order valence-electron chi connectivity index (χ2n) is 8.50. The molecule has 2 aromatic carbocycles. The van der Waals surface area contributed by atoms with E-state index in [4.69, 9.17) is 14.0 Å². The first kappa shape index (κ1) is 22.6. The van der Waals surface area contributed by atoms with Crippen LogP contribution in [0.25, 0.3) is 11.1 Å². The van der Waals surface area contributed by atoms with Crippen LogP contribution in [-0.4, -0.2) is 53.6 Å². The van der Waals surface area contributed by atoms with E-state index in [-0.39, 0.29) is 50.0 Å². The van der Waals surface area contributed by atoms with Crippen molar-refractivity contribution in [1.29, 1.82) is 0 Å². The Balaban J connectivity index is 1.20. The van der Waals surface area contributed by atoms with E-state index in [1.807, 2.05) is 36.4 Å². The smallest absolute Gasteiger partial charge is 0.407 e. The maximum atomic E-state index is 12.7. The number of ether oxygens (including phenoxy) is 2. The Morgan fingerprint density at radius 1 is 1.09 bits per heavy atom. The zero-order valence-electron chi connectivity index (χ0n) is 18.7. The number of carbonyl (C=O) groups excluding carboxylic acids is 2. The lowest BCUT2D eigenvalue weighted by Crippen LogP contribution is -2.55. The number of carboxylic acid groups (broad SMARTS) is 1. The summed E-state index contributed by atoms with van der Waals surface area (Å²) in [5.74, 6) is -1.94. The monoisotopic (exact) mass is 477 g/mol. The van der Waals surface area contributed by atoms with Crippen LogP contribution in [0.2, 0.25) is 0 Å². The maximum Gasteiger partial charge on any atom is 0.407 e. The number of benzene rings is 2. The molecule has 1 aromatic heterocycles. The van der Waals surface area contributed by atoms with Crippen molar-refractivity contribution in [3.63, 3.8) is 0 Å². The molecule has 180 valence electrons. The molecule has 35 heavy (non-hydrogen) atoms. The fourth-order valence-electron chi connectivity index (χ4n) is 4.55. The third-order valence-corrected chi connectivity index (χ3v) is 6.42. The third-order valence-electron chi connectivity index (χ3n) is 6.42. The number of carboxylic acids is 1. The van der Waals surface area contributed by atoms with Crippen molar-refractivity contribution in [2.75, 3.05) is 19.8 Å². The first-order chi connectivity index (χ1) is 17.0. The number of aromatic nitrogens is 1. The summed E-state index contributed by atoms with van der Waals surface area (Å²) in [5.41, 5.74) is 3.11. The summed E-state index contributed by atoms with van der Waals surface area (Å²) in [6.45, 7) is 0.110. The summed E-state index contributed by atoms with van der Waals surface area (Å²) >= 11 is 0. The number of hydrogen-bond donors (Lipinski definition) is 3. The molecule has 1 aliphatic carbocycles. The Bertz CT molecular complexity index is 1230. The molecule has 1 fully saturated rings. The van der Waals surface area contributed by atoms with Gasteiger partial charge in [0.05, 0.1) is 13.2 Å². The minimum atomic E-state index is -1.51. The molecule has 0 spiro atoms. The summed E-state index contributed by atoms with van der Waals surface area (Å²) in [7, 11) is 0. The highest BCUT2D eigenvalue weighted by molar-refractivity contribution is 5.98. The maximum absolute atomic E-state index is 12.7. The molecule has 1 saturated heterocycles. The molecule has 1 atom stereocenters. The largest absolute Gasteiger partial charge is 0.479 e. The Morgan fingerprint density at radius 3 is 2.40 bits per heavy atom. The molecule has 10 heteroatoms. The van der Waals surface area contributed by atoms with Gasteiger partial charge in [-0.2, -0.15) is 0 Å². The number of alkyl carbamates (subject to hydrolysis) is 1. The van der Waals surface area contributed by atoms with Gasteiger partial charge in [-0.3, -0.25) is 4.79 Å². The first-order valence-electron chi connectivity index (χ1n) is 11.1.